The van der Waals surface area contributed by atoms with Crippen molar-refractivity contribution in [3.8, 4) is 5.69 Å². The quantitative estimate of drug-likeness (QED) is 0.574. The molecule has 0 saturated carbocycles. The molecular formula is C19H17N. The minimum Gasteiger partial charge on any atom is -0.310 e. The van der Waals surface area contributed by atoms with Gasteiger partial charge in [-0.1, -0.05) is 55.1 Å². The molecule has 0 aliphatic heterocycles. The molecule has 0 unspecified atom stereocenters. The molecule has 0 radical (unpaired) electrons. The van der Waals surface area contributed by atoms with Crippen molar-refractivity contribution in [2.75, 3.05) is 0 Å². The third-order valence-electron chi connectivity index (χ3n) is 3.58. The summed E-state index contributed by atoms with van der Waals surface area (Å²) in [5.74, 6) is 0. The van der Waals surface area contributed by atoms with Gasteiger partial charge in [0, 0.05) is 16.8 Å². The molecule has 0 amide bonds. The van der Waals surface area contributed by atoms with Gasteiger partial charge in [0.1, 0.15) is 0 Å². The number of aromatic nitrogens is 1. The lowest BCUT2D eigenvalue weighted by Gasteiger charge is -2.08. The predicted molar refractivity (Wildman–Crippen MR) is 87.2 cm³/mol. The fourth-order valence-corrected chi connectivity index (χ4v) is 2.64. The summed E-state index contributed by atoms with van der Waals surface area (Å²) in [5.41, 5.74) is 4.92. The van der Waals surface area contributed by atoms with Crippen molar-refractivity contribution in [2.45, 2.75) is 6.92 Å². The van der Waals surface area contributed by atoms with Crippen LogP contribution in [-0.4, -0.2) is 4.57 Å². The van der Waals surface area contributed by atoms with E-state index in [9.17, 15) is 0 Å². The van der Waals surface area contributed by atoms with Crippen LogP contribution >= 0.6 is 0 Å². The number of rotatable bonds is 3. The minimum atomic E-state index is 1.18. The van der Waals surface area contributed by atoms with E-state index in [1.165, 1.54) is 27.8 Å². The van der Waals surface area contributed by atoms with Gasteiger partial charge in [-0.15, -0.1) is 0 Å². The van der Waals surface area contributed by atoms with Crippen LogP contribution in [0.3, 0.4) is 0 Å². The van der Waals surface area contributed by atoms with Crippen LogP contribution in [0.2, 0.25) is 0 Å². The van der Waals surface area contributed by atoms with Gasteiger partial charge < -0.3 is 4.57 Å². The molecule has 98 valence electrons. The first kappa shape index (κ1) is 12.5. The van der Waals surface area contributed by atoms with Gasteiger partial charge in [-0.2, -0.15) is 0 Å². The van der Waals surface area contributed by atoms with Crippen molar-refractivity contribution in [1.29, 1.82) is 0 Å². The summed E-state index contributed by atoms with van der Waals surface area (Å²) in [7, 11) is 0. The Kier molecular flexibility index (Phi) is 3.26. The van der Waals surface area contributed by atoms with Crippen LogP contribution in [0, 0.1) is 6.92 Å². The first-order chi connectivity index (χ1) is 9.83. The molecule has 0 aliphatic rings. The van der Waals surface area contributed by atoms with Gasteiger partial charge in [-0.3, -0.25) is 0 Å². The van der Waals surface area contributed by atoms with Gasteiger partial charge in [0.2, 0.25) is 0 Å². The molecule has 20 heavy (non-hydrogen) atoms. The number of fused-ring (bicyclic) bond motifs is 1. The fraction of sp³-hybridized carbons (Fsp3) is 0.0526. The third kappa shape index (κ3) is 1.97. The Balaban J connectivity index is 2.38. The molecule has 0 bridgehead atoms. The van der Waals surface area contributed by atoms with Crippen LogP contribution in [0.5, 0.6) is 0 Å². The highest BCUT2D eigenvalue weighted by Gasteiger charge is 2.12. The molecule has 0 fully saturated rings. The first-order valence-electron chi connectivity index (χ1n) is 6.77. The number of benzene rings is 2. The molecular weight excluding hydrogens is 242 g/mol. The van der Waals surface area contributed by atoms with Gasteiger partial charge in [0.25, 0.3) is 0 Å². The highest BCUT2D eigenvalue weighted by atomic mass is 15.0. The highest BCUT2D eigenvalue weighted by molar-refractivity contribution is 5.89. The maximum Gasteiger partial charge on any atom is 0.0537 e. The lowest BCUT2D eigenvalue weighted by molar-refractivity contribution is 1.10. The summed E-state index contributed by atoms with van der Waals surface area (Å²) in [5, 5.41) is 1.29. The molecule has 3 aromatic rings. The maximum atomic E-state index is 3.77. The molecule has 0 N–H and O–H groups in total. The Morgan fingerprint density at radius 3 is 2.40 bits per heavy atom. The summed E-state index contributed by atoms with van der Waals surface area (Å²) < 4.78 is 2.30. The van der Waals surface area contributed by atoms with Gasteiger partial charge in [-0.25, -0.2) is 0 Å². The van der Waals surface area contributed by atoms with Crippen molar-refractivity contribution in [3.05, 3.63) is 84.6 Å². The van der Waals surface area contributed by atoms with Crippen molar-refractivity contribution >= 4 is 17.0 Å². The van der Waals surface area contributed by atoms with E-state index in [0.29, 0.717) is 0 Å². The molecule has 0 spiro atoms. The van der Waals surface area contributed by atoms with E-state index in [4.69, 9.17) is 0 Å². The zero-order valence-corrected chi connectivity index (χ0v) is 11.6. The molecule has 0 aliphatic carbocycles. The van der Waals surface area contributed by atoms with E-state index in [2.05, 4.69) is 72.7 Å². The first-order valence-corrected chi connectivity index (χ1v) is 6.77. The Labute approximate surface area is 119 Å². The summed E-state index contributed by atoms with van der Waals surface area (Å²) >= 11 is 0. The number of hydrogen-bond acceptors (Lipinski definition) is 0. The van der Waals surface area contributed by atoms with Crippen molar-refractivity contribution < 1.29 is 0 Å². The number of aryl methyl sites for hydroxylation is 1. The lowest BCUT2D eigenvalue weighted by Crippen LogP contribution is -1.96. The third-order valence-corrected chi connectivity index (χ3v) is 3.58. The van der Waals surface area contributed by atoms with Crippen LogP contribution in [0.4, 0.5) is 0 Å². The molecule has 0 atom stereocenters. The van der Waals surface area contributed by atoms with Crippen LogP contribution in [0.25, 0.3) is 22.7 Å². The van der Waals surface area contributed by atoms with Crippen LogP contribution in [0.1, 0.15) is 11.3 Å². The second kappa shape index (κ2) is 5.22. The SMILES string of the molecule is C=C/C=C\c1c(C)c2ccccc2n1-c1ccccc1. The second-order valence-corrected chi connectivity index (χ2v) is 4.79. The zero-order chi connectivity index (χ0) is 13.9. The van der Waals surface area contributed by atoms with Gasteiger partial charge in [0.05, 0.1) is 5.52 Å². The van der Waals surface area contributed by atoms with Gasteiger partial charge in [0.15, 0.2) is 0 Å². The minimum absolute atomic E-state index is 1.18. The number of nitrogens with zero attached hydrogens (tertiary/aromatic N) is 1. The Bertz CT molecular complexity index is 776. The highest BCUT2D eigenvalue weighted by Crippen LogP contribution is 2.29. The average Bonchev–Trinajstić information content (AvgIpc) is 2.79. The van der Waals surface area contributed by atoms with E-state index < -0.39 is 0 Å². The van der Waals surface area contributed by atoms with E-state index in [0.717, 1.165) is 0 Å². The zero-order valence-electron chi connectivity index (χ0n) is 11.6. The van der Waals surface area contributed by atoms with E-state index in [1.807, 2.05) is 18.2 Å². The molecule has 1 nitrogen and oxygen atoms in total. The van der Waals surface area contributed by atoms with Crippen LogP contribution in [0.15, 0.2) is 73.3 Å². The number of allylic oxidation sites excluding steroid dienone is 2. The van der Waals surface area contributed by atoms with Crippen molar-refractivity contribution in [3.63, 3.8) is 0 Å². The van der Waals surface area contributed by atoms with Gasteiger partial charge in [-0.05, 0) is 36.8 Å². The van der Waals surface area contributed by atoms with Crippen molar-refractivity contribution in [2.24, 2.45) is 0 Å². The van der Waals surface area contributed by atoms with E-state index in [-0.39, 0.29) is 0 Å². The molecule has 0 saturated heterocycles. The molecule has 1 heterocycles. The summed E-state index contributed by atoms with van der Waals surface area (Å²) in [6.45, 7) is 5.94. The van der Waals surface area contributed by atoms with E-state index in [1.54, 1.807) is 0 Å². The average molecular weight is 259 g/mol. The van der Waals surface area contributed by atoms with Crippen molar-refractivity contribution in [1.82, 2.24) is 4.57 Å². The Morgan fingerprint density at radius 2 is 1.65 bits per heavy atom. The van der Waals surface area contributed by atoms with Gasteiger partial charge >= 0.3 is 0 Å². The number of para-hydroxylation sites is 2. The normalized spacial score (nSPS) is 11.2. The summed E-state index contributed by atoms with van der Waals surface area (Å²) in [6, 6.07) is 19.0. The van der Waals surface area contributed by atoms with Crippen LogP contribution < -0.4 is 0 Å². The Hall–Kier alpha value is -2.54. The molecule has 2 aromatic carbocycles. The summed E-state index contributed by atoms with van der Waals surface area (Å²) in [4.78, 5) is 0. The lowest BCUT2D eigenvalue weighted by atomic mass is 10.1. The number of hydrogen-bond donors (Lipinski definition) is 0. The Morgan fingerprint density at radius 1 is 0.950 bits per heavy atom. The topological polar surface area (TPSA) is 4.93 Å². The predicted octanol–water partition coefficient (Wildman–Crippen LogP) is 5.14. The molecule has 1 heteroatoms. The summed E-state index contributed by atoms with van der Waals surface area (Å²) in [6.07, 6.45) is 5.92. The molecule has 1 aromatic heterocycles. The molecule has 3 rings (SSSR count). The standard InChI is InChI=1S/C19H17N/c1-3-4-13-18-15(2)17-12-8-9-14-19(17)20(18)16-10-6-5-7-11-16/h3-14H,1H2,2H3/b13-4-. The smallest absolute Gasteiger partial charge is 0.0537 e. The van der Waals surface area contributed by atoms with Crippen LogP contribution in [-0.2, 0) is 0 Å². The second-order valence-electron chi connectivity index (χ2n) is 4.79. The monoisotopic (exact) mass is 259 g/mol. The maximum absolute atomic E-state index is 3.77. The largest absolute Gasteiger partial charge is 0.310 e. The van der Waals surface area contributed by atoms with E-state index >= 15 is 0 Å². The fourth-order valence-electron chi connectivity index (χ4n) is 2.64.